The van der Waals surface area contributed by atoms with Gasteiger partial charge in [0.1, 0.15) is 12.4 Å². The van der Waals surface area contributed by atoms with Crippen LogP contribution in [0.15, 0.2) is 72.8 Å². The van der Waals surface area contributed by atoms with E-state index in [-0.39, 0.29) is 18.1 Å². The molecule has 0 aromatic heterocycles. The van der Waals surface area contributed by atoms with E-state index in [1.807, 2.05) is 30.3 Å². The van der Waals surface area contributed by atoms with Crippen molar-refractivity contribution in [2.24, 2.45) is 0 Å². The molecular formula is C27H24FNO4. The minimum atomic E-state index is -0.713. The molecule has 0 saturated heterocycles. The van der Waals surface area contributed by atoms with Gasteiger partial charge < -0.3 is 14.8 Å². The summed E-state index contributed by atoms with van der Waals surface area (Å²) < 4.78 is 24.0. The van der Waals surface area contributed by atoms with Crippen LogP contribution >= 0.6 is 0 Å². The van der Waals surface area contributed by atoms with E-state index in [1.54, 1.807) is 12.1 Å². The number of methoxy groups -OCH3 is 1. The number of rotatable bonds is 7. The Balaban J connectivity index is 1.25. The standard InChI is InChI=1S/C27H24FNO4/c1-32-26(30)23-14-13-18(16-25(23)28)8-6-7-15-29-27(31)33-17-24-21-11-4-2-9-19(21)20-10-3-5-12-22(20)24/h2-6,8-14,16,24H,7,15,17H2,1H3,(H,29,31). The number of amides is 1. The van der Waals surface area contributed by atoms with E-state index in [0.29, 0.717) is 18.5 Å². The van der Waals surface area contributed by atoms with Gasteiger partial charge in [-0.2, -0.15) is 0 Å². The van der Waals surface area contributed by atoms with Crippen LogP contribution in [0, 0.1) is 5.82 Å². The Hall–Kier alpha value is -3.93. The van der Waals surface area contributed by atoms with E-state index in [0.717, 1.165) is 0 Å². The van der Waals surface area contributed by atoms with Crippen LogP contribution in [0.5, 0.6) is 0 Å². The normalized spacial score (nSPS) is 12.3. The molecule has 33 heavy (non-hydrogen) atoms. The highest BCUT2D eigenvalue weighted by Gasteiger charge is 2.28. The zero-order valence-electron chi connectivity index (χ0n) is 18.2. The number of benzene rings is 3. The van der Waals surface area contributed by atoms with E-state index < -0.39 is 17.9 Å². The molecule has 0 heterocycles. The quantitative estimate of drug-likeness (QED) is 0.382. The highest BCUT2D eigenvalue weighted by atomic mass is 19.1. The maximum atomic E-state index is 14.0. The third-order valence-electron chi connectivity index (χ3n) is 5.63. The molecule has 1 aliphatic rings. The van der Waals surface area contributed by atoms with Crippen molar-refractivity contribution in [3.05, 3.63) is 101 Å². The third kappa shape index (κ3) is 4.95. The molecule has 0 aliphatic heterocycles. The average Bonchev–Trinajstić information content (AvgIpc) is 3.16. The first-order valence-corrected chi connectivity index (χ1v) is 10.7. The van der Waals surface area contributed by atoms with E-state index in [2.05, 4.69) is 34.3 Å². The molecule has 1 amide bonds. The number of carbonyl (C=O) groups excluding carboxylic acids is 2. The summed E-state index contributed by atoms with van der Waals surface area (Å²) in [6, 6.07) is 20.6. The SMILES string of the molecule is COC(=O)c1ccc(C=CCCNC(=O)OCC2c3ccccc3-c3ccccc32)cc1F. The number of ether oxygens (including phenoxy) is 2. The number of fused-ring (bicyclic) bond motifs is 3. The van der Waals surface area contributed by atoms with Crippen LogP contribution < -0.4 is 5.32 Å². The summed E-state index contributed by atoms with van der Waals surface area (Å²) in [5, 5.41) is 2.74. The Morgan fingerprint density at radius 2 is 1.67 bits per heavy atom. The van der Waals surface area contributed by atoms with Crippen molar-refractivity contribution in [2.45, 2.75) is 12.3 Å². The third-order valence-corrected chi connectivity index (χ3v) is 5.63. The van der Waals surface area contributed by atoms with Crippen LogP contribution in [-0.2, 0) is 9.47 Å². The molecule has 0 atom stereocenters. The molecule has 1 N–H and O–H groups in total. The van der Waals surface area contributed by atoms with Crippen LogP contribution in [0.2, 0.25) is 0 Å². The first kappa shape index (κ1) is 22.3. The number of carbonyl (C=O) groups is 2. The van der Waals surface area contributed by atoms with Crippen molar-refractivity contribution >= 4 is 18.1 Å². The number of hydrogen-bond acceptors (Lipinski definition) is 4. The molecule has 0 radical (unpaired) electrons. The van der Waals surface area contributed by atoms with Crippen molar-refractivity contribution < 1.29 is 23.5 Å². The number of esters is 1. The topological polar surface area (TPSA) is 64.6 Å². The maximum absolute atomic E-state index is 14.0. The second kappa shape index (κ2) is 10.1. The Kier molecular flexibility index (Phi) is 6.83. The van der Waals surface area contributed by atoms with Gasteiger partial charge in [-0.1, -0.05) is 66.7 Å². The molecule has 0 unspecified atom stereocenters. The lowest BCUT2D eigenvalue weighted by Crippen LogP contribution is -2.26. The average molecular weight is 445 g/mol. The van der Waals surface area contributed by atoms with Gasteiger partial charge in [-0.25, -0.2) is 14.0 Å². The number of nitrogens with one attached hydrogen (secondary N) is 1. The Labute approximate surface area is 191 Å². The van der Waals surface area contributed by atoms with Crippen LogP contribution in [0.1, 0.15) is 39.4 Å². The van der Waals surface area contributed by atoms with Gasteiger partial charge in [0.2, 0.25) is 0 Å². The first-order valence-electron chi connectivity index (χ1n) is 10.7. The van der Waals surface area contributed by atoms with Gasteiger partial charge >= 0.3 is 12.1 Å². The van der Waals surface area contributed by atoms with Crippen molar-refractivity contribution in [3.63, 3.8) is 0 Å². The summed E-state index contributed by atoms with van der Waals surface area (Å²) >= 11 is 0. The Morgan fingerprint density at radius 3 is 2.30 bits per heavy atom. The lowest BCUT2D eigenvalue weighted by Gasteiger charge is -2.14. The van der Waals surface area contributed by atoms with E-state index in [9.17, 15) is 14.0 Å². The summed E-state index contributed by atoms with van der Waals surface area (Å²) in [6.07, 6.45) is 3.61. The predicted molar refractivity (Wildman–Crippen MR) is 124 cm³/mol. The van der Waals surface area contributed by atoms with Gasteiger partial charge in [0.25, 0.3) is 0 Å². The molecule has 6 heteroatoms. The second-order valence-electron chi connectivity index (χ2n) is 7.67. The van der Waals surface area contributed by atoms with E-state index >= 15 is 0 Å². The van der Waals surface area contributed by atoms with Gasteiger partial charge in [0, 0.05) is 12.5 Å². The molecule has 0 saturated carbocycles. The fourth-order valence-corrected chi connectivity index (χ4v) is 4.04. The van der Waals surface area contributed by atoms with E-state index in [1.165, 1.54) is 41.5 Å². The van der Waals surface area contributed by atoms with Gasteiger partial charge in [-0.15, -0.1) is 0 Å². The van der Waals surface area contributed by atoms with Crippen molar-refractivity contribution in [2.75, 3.05) is 20.3 Å². The van der Waals surface area contributed by atoms with E-state index in [4.69, 9.17) is 4.74 Å². The first-order chi connectivity index (χ1) is 16.1. The highest BCUT2D eigenvalue weighted by molar-refractivity contribution is 5.89. The minimum absolute atomic E-state index is 0.0194. The molecule has 4 rings (SSSR count). The summed E-state index contributed by atoms with van der Waals surface area (Å²) in [4.78, 5) is 23.6. The minimum Gasteiger partial charge on any atom is -0.465 e. The predicted octanol–water partition coefficient (Wildman–Crippen LogP) is 5.55. The largest absolute Gasteiger partial charge is 0.465 e. The fraction of sp³-hybridized carbons (Fsp3) is 0.185. The number of hydrogen-bond donors (Lipinski definition) is 1. The summed E-state index contributed by atoms with van der Waals surface area (Å²) in [5.74, 6) is -1.33. The molecule has 0 spiro atoms. The zero-order chi connectivity index (χ0) is 23.2. The summed E-state index contributed by atoms with van der Waals surface area (Å²) in [7, 11) is 1.21. The molecule has 1 aliphatic carbocycles. The van der Waals surface area contributed by atoms with Gasteiger partial charge in [-0.3, -0.25) is 0 Å². The van der Waals surface area contributed by atoms with Crippen LogP contribution in [0.25, 0.3) is 17.2 Å². The van der Waals surface area contributed by atoms with Crippen LogP contribution in [0.4, 0.5) is 9.18 Å². The lowest BCUT2D eigenvalue weighted by molar-refractivity contribution is 0.0595. The summed E-state index contributed by atoms with van der Waals surface area (Å²) in [5.41, 5.74) is 5.21. The van der Waals surface area contributed by atoms with Gasteiger partial charge in [0.15, 0.2) is 0 Å². The molecule has 168 valence electrons. The van der Waals surface area contributed by atoms with Crippen molar-refractivity contribution in [1.29, 1.82) is 0 Å². The lowest BCUT2D eigenvalue weighted by atomic mass is 9.98. The Bertz CT molecular complexity index is 1160. The molecule has 3 aromatic rings. The zero-order valence-corrected chi connectivity index (χ0v) is 18.2. The van der Waals surface area contributed by atoms with Gasteiger partial charge in [0.05, 0.1) is 12.7 Å². The summed E-state index contributed by atoms with van der Waals surface area (Å²) in [6.45, 7) is 0.650. The Morgan fingerprint density at radius 1 is 1.00 bits per heavy atom. The number of alkyl carbamates (subject to hydrolysis) is 1. The van der Waals surface area contributed by atoms with Gasteiger partial charge in [-0.05, 0) is 46.4 Å². The smallest absolute Gasteiger partial charge is 0.407 e. The van der Waals surface area contributed by atoms with Crippen molar-refractivity contribution in [3.8, 4) is 11.1 Å². The van der Waals surface area contributed by atoms with Crippen LogP contribution in [-0.4, -0.2) is 32.3 Å². The molecule has 5 nitrogen and oxygen atoms in total. The molecule has 3 aromatic carbocycles. The van der Waals surface area contributed by atoms with Crippen LogP contribution in [0.3, 0.4) is 0 Å². The second-order valence-corrected chi connectivity index (χ2v) is 7.67. The highest BCUT2D eigenvalue weighted by Crippen LogP contribution is 2.44. The van der Waals surface area contributed by atoms with Crippen molar-refractivity contribution in [1.82, 2.24) is 5.32 Å². The molecule has 0 bridgehead atoms. The fourth-order valence-electron chi connectivity index (χ4n) is 4.04. The monoisotopic (exact) mass is 445 g/mol. The molecular weight excluding hydrogens is 421 g/mol. The number of halogens is 1. The molecule has 0 fully saturated rings. The maximum Gasteiger partial charge on any atom is 0.407 e.